The van der Waals surface area contributed by atoms with Gasteiger partial charge in [0.2, 0.25) is 5.78 Å². The second-order valence-electron chi connectivity index (χ2n) is 3.00. The number of Topliss-reactive ketones (excluding diaryl/α,β-unsaturated/α-hetero) is 1. The first-order valence-electron chi connectivity index (χ1n) is 4.55. The van der Waals surface area contributed by atoms with Crippen molar-refractivity contribution in [2.45, 2.75) is 13.8 Å². The molecular formula is C11H13NO2. The van der Waals surface area contributed by atoms with Gasteiger partial charge in [-0.1, -0.05) is 24.3 Å². The van der Waals surface area contributed by atoms with Crippen molar-refractivity contribution in [2.75, 3.05) is 6.54 Å². The van der Waals surface area contributed by atoms with Crippen molar-refractivity contribution in [3.63, 3.8) is 0 Å². The van der Waals surface area contributed by atoms with Gasteiger partial charge in [-0.2, -0.15) is 0 Å². The monoisotopic (exact) mass is 191 g/mol. The molecule has 0 atom stereocenters. The van der Waals surface area contributed by atoms with Gasteiger partial charge in [0.25, 0.3) is 5.91 Å². The van der Waals surface area contributed by atoms with Crippen molar-refractivity contribution >= 4 is 11.7 Å². The molecule has 0 aliphatic carbocycles. The molecule has 0 saturated carbocycles. The van der Waals surface area contributed by atoms with Crippen LogP contribution >= 0.6 is 0 Å². The molecule has 74 valence electrons. The summed E-state index contributed by atoms with van der Waals surface area (Å²) in [5, 5.41) is 2.48. The Balaban J connectivity index is 2.90. The molecule has 3 heteroatoms. The van der Waals surface area contributed by atoms with Crippen molar-refractivity contribution in [1.82, 2.24) is 5.32 Å². The lowest BCUT2D eigenvalue weighted by molar-refractivity contribution is -0.116. The molecule has 1 aromatic carbocycles. The largest absolute Gasteiger partial charge is 0.349 e. The van der Waals surface area contributed by atoms with Gasteiger partial charge in [0.05, 0.1) is 0 Å². The van der Waals surface area contributed by atoms with Gasteiger partial charge >= 0.3 is 0 Å². The summed E-state index contributed by atoms with van der Waals surface area (Å²) in [6.45, 7) is 4.06. The van der Waals surface area contributed by atoms with E-state index in [2.05, 4.69) is 5.32 Å². The molecule has 0 heterocycles. The highest BCUT2D eigenvalue weighted by Gasteiger charge is 2.16. The summed E-state index contributed by atoms with van der Waals surface area (Å²) < 4.78 is 0. The van der Waals surface area contributed by atoms with Crippen molar-refractivity contribution in [3.8, 4) is 0 Å². The van der Waals surface area contributed by atoms with Crippen LogP contribution in [-0.2, 0) is 4.79 Å². The van der Waals surface area contributed by atoms with Crippen LogP contribution in [0, 0.1) is 6.92 Å². The van der Waals surface area contributed by atoms with Crippen LogP contribution < -0.4 is 5.32 Å². The lowest BCUT2D eigenvalue weighted by Crippen LogP contribution is -2.31. The summed E-state index contributed by atoms with van der Waals surface area (Å²) in [6.07, 6.45) is 0. The molecule has 14 heavy (non-hydrogen) atoms. The summed E-state index contributed by atoms with van der Waals surface area (Å²) in [5.74, 6) is -1.01. The van der Waals surface area contributed by atoms with Crippen LogP contribution in [-0.4, -0.2) is 18.2 Å². The van der Waals surface area contributed by atoms with Crippen LogP contribution in [0.25, 0.3) is 0 Å². The molecular weight excluding hydrogens is 178 g/mol. The van der Waals surface area contributed by atoms with Crippen LogP contribution in [0.15, 0.2) is 24.3 Å². The Labute approximate surface area is 83.1 Å². The molecule has 1 amide bonds. The van der Waals surface area contributed by atoms with Gasteiger partial charge in [0, 0.05) is 12.1 Å². The topological polar surface area (TPSA) is 46.2 Å². The number of likely N-dealkylation sites (N-methyl/N-ethyl adjacent to an activating group) is 1. The lowest BCUT2D eigenvalue weighted by Gasteiger charge is -2.03. The molecule has 0 radical (unpaired) electrons. The maximum atomic E-state index is 11.5. The number of aryl methyl sites for hydroxylation is 1. The fourth-order valence-corrected chi connectivity index (χ4v) is 1.19. The van der Waals surface area contributed by atoms with Crippen molar-refractivity contribution in [3.05, 3.63) is 35.4 Å². The average molecular weight is 191 g/mol. The van der Waals surface area contributed by atoms with Gasteiger partial charge in [-0.25, -0.2) is 0 Å². The number of nitrogens with one attached hydrogen (secondary N) is 1. The Morgan fingerprint density at radius 1 is 1.29 bits per heavy atom. The highest BCUT2D eigenvalue weighted by atomic mass is 16.2. The van der Waals surface area contributed by atoms with E-state index < -0.39 is 11.7 Å². The zero-order valence-corrected chi connectivity index (χ0v) is 8.33. The molecule has 0 fully saturated rings. The molecule has 0 aromatic heterocycles. The Morgan fingerprint density at radius 3 is 2.50 bits per heavy atom. The molecule has 0 unspecified atom stereocenters. The van der Waals surface area contributed by atoms with Crippen LogP contribution in [0.5, 0.6) is 0 Å². The van der Waals surface area contributed by atoms with Crippen LogP contribution in [0.2, 0.25) is 0 Å². The fraction of sp³-hybridized carbons (Fsp3) is 0.273. The molecule has 1 rings (SSSR count). The van der Waals surface area contributed by atoms with Crippen LogP contribution in [0.3, 0.4) is 0 Å². The third-order valence-corrected chi connectivity index (χ3v) is 1.93. The highest BCUT2D eigenvalue weighted by Crippen LogP contribution is 2.07. The summed E-state index contributed by atoms with van der Waals surface area (Å²) >= 11 is 0. The molecule has 0 bridgehead atoms. The zero-order valence-electron chi connectivity index (χ0n) is 8.33. The first kappa shape index (κ1) is 10.4. The van der Waals surface area contributed by atoms with E-state index in [4.69, 9.17) is 0 Å². The predicted molar refractivity (Wildman–Crippen MR) is 54.2 cm³/mol. The quantitative estimate of drug-likeness (QED) is 0.578. The van der Waals surface area contributed by atoms with Gasteiger partial charge in [-0.15, -0.1) is 0 Å². The zero-order chi connectivity index (χ0) is 10.6. The Bertz CT molecular complexity index is 358. The molecule has 0 spiro atoms. The number of carbonyl (C=O) groups is 2. The summed E-state index contributed by atoms with van der Waals surface area (Å²) in [4.78, 5) is 22.8. The average Bonchev–Trinajstić information content (AvgIpc) is 2.18. The van der Waals surface area contributed by atoms with Crippen LogP contribution in [0.4, 0.5) is 0 Å². The number of rotatable bonds is 3. The van der Waals surface area contributed by atoms with E-state index in [9.17, 15) is 9.59 Å². The van der Waals surface area contributed by atoms with E-state index in [-0.39, 0.29) is 0 Å². The SMILES string of the molecule is CCNC(=O)C(=O)c1ccccc1C. The van der Waals surface area contributed by atoms with Crippen LogP contribution in [0.1, 0.15) is 22.8 Å². The summed E-state index contributed by atoms with van der Waals surface area (Å²) in [6, 6.07) is 7.06. The Morgan fingerprint density at radius 2 is 1.93 bits per heavy atom. The van der Waals surface area contributed by atoms with E-state index in [0.29, 0.717) is 12.1 Å². The van der Waals surface area contributed by atoms with Gasteiger partial charge in [-0.3, -0.25) is 9.59 Å². The summed E-state index contributed by atoms with van der Waals surface area (Å²) in [7, 11) is 0. The second-order valence-corrected chi connectivity index (χ2v) is 3.00. The number of ketones is 1. The maximum absolute atomic E-state index is 11.5. The van der Waals surface area contributed by atoms with Gasteiger partial charge < -0.3 is 5.32 Å². The Hall–Kier alpha value is -1.64. The van der Waals surface area contributed by atoms with Crippen molar-refractivity contribution in [2.24, 2.45) is 0 Å². The molecule has 0 aliphatic rings. The smallest absolute Gasteiger partial charge is 0.292 e. The third kappa shape index (κ3) is 2.19. The maximum Gasteiger partial charge on any atom is 0.292 e. The molecule has 0 saturated heterocycles. The number of carbonyl (C=O) groups excluding carboxylic acids is 2. The van der Waals surface area contributed by atoms with E-state index >= 15 is 0 Å². The van der Waals surface area contributed by atoms with E-state index in [1.54, 1.807) is 19.1 Å². The van der Waals surface area contributed by atoms with Gasteiger partial charge in [0.1, 0.15) is 0 Å². The highest BCUT2D eigenvalue weighted by molar-refractivity contribution is 6.43. The Kier molecular flexibility index (Phi) is 3.40. The fourth-order valence-electron chi connectivity index (χ4n) is 1.19. The van der Waals surface area contributed by atoms with Gasteiger partial charge in [-0.05, 0) is 19.4 Å². The van der Waals surface area contributed by atoms with Gasteiger partial charge in [0.15, 0.2) is 0 Å². The number of hydrogen-bond acceptors (Lipinski definition) is 2. The van der Waals surface area contributed by atoms with E-state index in [0.717, 1.165) is 5.56 Å². The van der Waals surface area contributed by atoms with E-state index in [1.165, 1.54) is 0 Å². The standard InChI is InChI=1S/C11H13NO2/c1-3-12-11(14)10(13)9-7-5-4-6-8(9)2/h4-7H,3H2,1-2H3,(H,12,14). The summed E-state index contributed by atoms with van der Waals surface area (Å²) in [5.41, 5.74) is 1.29. The molecule has 1 aromatic rings. The van der Waals surface area contributed by atoms with E-state index in [1.807, 2.05) is 19.1 Å². The normalized spacial score (nSPS) is 9.57. The second kappa shape index (κ2) is 4.56. The number of hydrogen-bond donors (Lipinski definition) is 1. The number of benzene rings is 1. The predicted octanol–water partition coefficient (Wildman–Crippen LogP) is 1.31. The minimum atomic E-state index is -0.540. The first-order chi connectivity index (χ1) is 6.66. The molecule has 3 nitrogen and oxygen atoms in total. The first-order valence-corrected chi connectivity index (χ1v) is 4.55. The lowest BCUT2D eigenvalue weighted by atomic mass is 10.0. The third-order valence-electron chi connectivity index (χ3n) is 1.93. The van der Waals surface area contributed by atoms with Crippen molar-refractivity contribution in [1.29, 1.82) is 0 Å². The minimum absolute atomic E-state index is 0.468. The molecule has 1 N–H and O–H groups in total. The van der Waals surface area contributed by atoms with Crippen molar-refractivity contribution < 1.29 is 9.59 Å². The minimum Gasteiger partial charge on any atom is -0.349 e. The number of amides is 1. The molecule has 0 aliphatic heterocycles.